The molecule has 29 heavy (non-hydrogen) atoms. The normalized spacial score (nSPS) is 28.6. The predicted octanol–water partition coefficient (Wildman–Crippen LogP) is 3.67. The van der Waals surface area contributed by atoms with Crippen LogP contribution in [-0.2, 0) is 9.53 Å². The zero-order chi connectivity index (χ0) is 19.8. The first-order valence-corrected chi connectivity index (χ1v) is 11.7. The molecule has 5 rings (SSSR count). The lowest BCUT2D eigenvalue weighted by molar-refractivity contribution is -0.130. The SMILES string of the molecule is CC1CCCN1C1CCN(c2ccc(N3CCC4(CCOCC4)C3=O)cc2)CC1. The van der Waals surface area contributed by atoms with E-state index in [4.69, 9.17) is 4.74 Å². The fraction of sp³-hybridized carbons (Fsp3) is 0.708. The van der Waals surface area contributed by atoms with Gasteiger partial charge in [0, 0.05) is 56.3 Å². The lowest BCUT2D eigenvalue weighted by atomic mass is 9.79. The van der Waals surface area contributed by atoms with Gasteiger partial charge in [0.2, 0.25) is 5.91 Å². The van der Waals surface area contributed by atoms with Crippen molar-refractivity contribution < 1.29 is 9.53 Å². The molecule has 1 unspecified atom stereocenters. The van der Waals surface area contributed by atoms with Gasteiger partial charge in [-0.3, -0.25) is 9.69 Å². The number of anilines is 2. The van der Waals surface area contributed by atoms with Crippen molar-refractivity contribution >= 4 is 17.3 Å². The van der Waals surface area contributed by atoms with Crippen LogP contribution in [0.5, 0.6) is 0 Å². The fourth-order valence-electron chi connectivity index (χ4n) is 6.09. The number of carbonyl (C=O) groups excluding carboxylic acids is 1. The van der Waals surface area contributed by atoms with Crippen molar-refractivity contribution in [2.24, 2.45) is 5.41 Å². The summed E-state index contributed by atoms with van der Waals surface area (Å²) in [6, 6.07) is 10.3. The molecule has 1 aromatic carbocycles. The third-order valence-electron chi connectivity index (χ3n) is 8.03. The highest BCUT2D eigenvalue weighted by atomic mass is 16.5. The van der Waals surface area contributed by atoms with Crippen LogP contribution < -0.4 is 9.80 Å². The number of hydrogen-bond acceptors (Lipinski definition) is 4. The lowest BCUT2D eigenvalue weighted by Gasteiger charge is -2.39. The summed E-state index contributed by atoms with van der Waals surface area (Å²) in [5, 5.41) is 0. The molecular formula is C24H35N3O2. The summed E-state index contributed by atoms with van der Waals surface area (Å²) in [6.07, 6.45) is 8.00. The molecule has 5 nitrogen and oxygen atoms in total. The molecular weight excluding hydrogens is 362 g/mol. The van der Waals surface area contributed by atoms with Gasteiger partial charge in [-0.25, -0.2) is 0 Å². The molecule has 5 heteroatoms. The highest BCUT2D eigenvalue weighted by Gasteiger charge is 2.47. The van der Waals surface area contributed by atoms with Gasteiger partial charge in [0.1, 0.15) is 0 Å². The minimum atomic E-state index is -0.161. The Labute approximate surface area is 175 Å². The molecule has 4 aliphatic rings. The van der Waals surface area contributed by atoms with Gasteiger partial charge in [-0.05, 0) is 82.7 Å². The van der Waals surface area contributed by atoms with E-state index in [9.17, 15) is 4.79 Å². The lowest BCUT2D eigenvalue weighted by Crippen LogP contribution is -2.46. The van der Waals surface area contributed by atoms with E-state index in [0.717, 1.165) is 69.9 Å². The number of likely N-dealkylation sites (tertiary alicyclic amines) is 1. The Kier molecular flexibility index (Phi) is 5.29. The van der Waals surface area contributed by atoms with Gasteiger partial charge in [-0.1, -0.05) is 0 Å². The topological polar surface area (TPSA) is 36.0 Å². The first-order chi connectivity index (χ1) is 14.2. The van der Waals surface area contributed by atoms with Crippen molar-refractivity contribution in [3.05, 3.63) is 24.3 Å². The molecule has 4 aliphatic heterocycles. The van der Waals surface area contributed by atoms with E-state index in [1.54, 1.807) is 0 Å². The third kappa shape index (κ3) is 3.57. The molecule has 0 radical (unpaired) electrons. The average Bonchev–Trinajstić information content (AvgIpc) is 3.33. The van der Waals surface area contributed by atoms with E-state index in [1.807, 2.05) is 4.90 Å². The Morgan fingerprint density at radius 3 is 2.24 bits per heavy atom. The first-order valence-electron chi connectivity index (χ1n) is 11.7. The number of benzene rings is 1. The molecule has 4 heterocycles. The van der Waals surface area contributed by atoms with Gasteiger partial charge in [-0.15, -0.1) is 0 Å². The molecule has 0 bridgehead atoms. The Morgan fingerprint density at radius 2 is 1.59 bits per heavy atom. The molecule has 0 saturated carbocycles. The third-order valence-corrected chi connectivity index (χ3v) is 8.03. The Balaban J connectivity index is 1.21. The maximum absolute atomic E-state index is 13.1. The molecule has 0 aromatic heterocycles. The quantitative estimate of drug-likeness (QED) is 0.780. The van der Waals surface area contributed by atoms with Crippen molar-refractivity contribution in [2.45, 2.75) is 64.0 Å². The average molecular weight is 398 g/mol. The van der Waals surface area contributed by atoms with Crippen LogP contribution in [-0.4, -0.2) is 62.3 Å². The largest absolute Gasteiger partial charge is 0.381 e. The fourth-order valence-corrected chi connectivity index (χ4v) is 6.09. The van der Waals surface area contributed by atoms with E-state index in [-0.39, 0.29) is 5.41 Å². The van der Waals surface area contributed by atoms with Gasteiger partial charge < -0.3 is 14.5 Å². The molecule has 1 spiro atoms. The summed E-state index contributed by atoms with van der Waals surface area (Å²) in [4.78, 5) is 20.4. The van der Waals surface area contributed by atoms with Crippen molar-refractivity contribution in [3.63, 3.8) is 0 Å². The second-order valence-corrected chi connectivity index (χ2v) is 9.56. The van der Waals surface area contributed by atoms with E-state index in [0.29, 0.717) is 5.91 Å². The Hall–Kier alpha value is -1.59. The highest BCUT2D eigenvalue weighted by Crippen LogP contribution is 2.42. The molecule has 1 aromatic rings. The van der Waals surface area contributed by atoms with E-state index in [2.05, 4.69) is 41.0 Å². The number of nitrogens with zero attached hydrogens (tertiary/aromatic N) is 3. The van der Waals surface area contributed by atoms with Gasteiger partial charge in [0.15, 0.2) is 0 Å². The predicted molar refractivity (Wildman–Crippen MR) is 117 cm³/mol. The van der Waals surface area contributed by atoms with Gasteiger partial charge >= 0.3 is 0 Å². The molecule has 158 valence electrons. The summed E-state index contributed by atoms with van der Waals surface area (Å²) < 4.78 is 5.49. The van der Waals surface area contributed by atoms with Crippen molar-refractivity contribution in [1.29, 1.82) is 0 Å². The van der Waals surface area contributed by atoms with Crippen LogP contribution in [0.4, 0.5) is 11.4 Å². The van der Waals surface area contributed by atoms with Crippen LogP contribution in [0.2, 0.25) is 0 Å². The first kappa shape index (κ1) is 19.4. The summed E-state index contributed by atoms with van der Waals surface area (Å²) in [5.41, 5.74) is 2.20. The number of rotatable bonds is 3. The summed E-state index contributed by atoms with van der Waals surface area (Å²) in [6.45, 7) is 8.26. The molecule has 1 atom stereocenters. The summed E-state index contributed by atoms with van der Waals surface area (Å²) in [5.74, 6) is 0.314. The molecule has 0 aliphatic carbocycles. The van der Waals surface area contributed by atoms with Crippen LogP contribution in [0.1, 0.15) is 51.9 Å². The van der Waals surface area contributed by atoms with Gasteiger partial charge in [0.25, 0.3) is 0 Å². The molecule has 4 saturated heterocycles. The van der Waals surface area contributed by atoms with Gasteiger partial charge in [0.05, 0.1) is 5.41 Å². The van der Waals surface area contributed by atoms with Crippen molar-refractivity contribution in [3.8, 4) is 0 Å². The Bertz CT molecular complexity index is 720. The second kappa shape index (κ2) is 7.92. The van der Waals surface area contributed by atoms with Crippen LogP contribution in [0.25, 0.3) is 0 Å². The van der Waals surface area contributed by atoms with Crippen molar-refractivity contribution in [2.75, 3.05) is 49.2 Å². The summed E-state index contributed by atoms with van der Waals surface area (Å²) in [7, 11) is 0. The maximum atomic E-state index is 13.1. The number of amides is 1. The monoisotopic (exact) mass is 397 g/mol. The van der Waals surface area contributed by atoms with Crippen LogP contribution in [0, 0.1) is 5.41 Å². The number of ether oxygens (including phenoxy) is 1. The standard InChI is InChI=1S/C24H35N3O2/c1-19-3-2-13-26(19)22-8-14-25(15-9-22)20-4-6-21(7-5-20)27-16-10-24(23(27)28)11-17-29-18-12-24/h4-7,19,22H,2-3,8-18H2,1H3. The number of hydrogen-bond donors (Lipinski definition) is 0. The van der Waals surface area contributed by atoms with E-state index < -0.39 is 0 Å². The zero-order valence-electron chi connectivity index (χ0n) is 17.8. The maximum Gasteiger partial charge on any atom is 0.233 e. The molecule has 4 fully saturated rings. The van der Waals surface area contributed by atoms with Crippen LogP contribution >= 0.6 is 0 Å². The van der Waals surface area contributed by atoms with Gasteiger partial charge in [-0.2, -0.15) is 0 Å². The number of carbonyl (C=O) groups is 1. The minimum absolute atomic E-state index is 0.161. The van der Waals surface area contributed by atoms with E-state index >= 15 is 0 Å². The van der Waals surface area contributed by atoms with Crippen LogP contribution in [0.15, 0.2) is 24.3 Å². The second-order valence-electron chi connectivity index (χ2n) is 9.56. The smallest absolute Gasteiger partial charge is 0.233 e. The molecule has 0 N–H and O–H groups in total. The number of piperidine rings is 1. The minimum Gasteiger partial charge on any atom is -0.381 e. The van der Waals surface area contributed by atoms with E-state index in [1.165, 1.54) is 37.9 Å². The zero-order valence-corrected chi connectivity index (χ0v) is 17.8. The highest BCUT2D eigenvalue weighted by molar-refractivity contribution is 6.00. The summed E-state index contributed by atoms with van der Waals surface area (Å²) >= 11 is 0. The Morgan fingerprint density at radius 1 is 0.897 bits per heavy atom. The molecule has 1 amide bonds. The van der Waals surface area contributed by atoms with Crippen LogP contribution in [0.3, 0.4) is 0 Å². The van der Waals surface area contributed by atoms with Crippen molar-refractivity contribution in [1.82, 2.24) is 4.90 Å².